The highest BCUT2D eigenvalue weighted by Crippen LogP contribution is 2.28. The molecule has 7 heteroatoms. The van der Waals surface area contributed by atoms with Gasteiger partial charge in [-0.15, -0.1) is 12.6 Å². The summed E-state index contributed by atoms with van der Waals surface area (Å²) >= 11 is 4.36. The van der Waals surface area contributed by atoms with Crippen LogP contribution < -0.4 is 10.3 Å². The fourth-order valence-electron chi connectivity index (χ4n) is 5.26. The van der Waals surface area contributed by atoms with E-state index in [0.717, 1.165) is 55.1 Å². The van der Waals surface area contributed by atoms with E-state index < -0.39 is 0 Å². The maximum absolute atomic E-state index is 13.1. The summed E-state index contributed by atoms with van der Waals surface area (Å²) in [6.07, 6.45) is 7.52. The van der Waals surface area contributed by atoms with Crippen LogP contribution in [0.1, 0.15) is 50.8 Å². The predicted octanol–water partition coefficient (Wildman–Crippen LogP) is 4.93. The van der Waals surface area contributed by atoms with E-state index in [9.17, 15) is 9.59 Å². The first-order valence-corrected chi connectivity index (χ1v) is 12.7. The highest BCUT2D eigenvalue weighted by atomic mass is 32.1. The minimum absolute atomic E-state index is 0.0989. The number of piperidine rings is 1. The molecule has 34 heavy (non-hydrogen) atoms. The minimum Gasteiger partial charge on any atom is -0.490 e. The summed E-state index contributed by atoms with van der Waals surface area (Å²) in [7, 11) is 0. The number of hydrogen-bond donors (Lipinski definition) is 1. The average Bonchev–Trinajstić information content (AvgIpc) is 2.86. The number of carbonyl (C=O) groups excluding carboxylic acids is 1. The van der Waals surface area contributed by atoms with Gasteiger partial charge in [-0.25, -0.2) is 4.98 Å². The molecule has 0 unspecified atom stereocenters. The molecule has 178 valence electrons. The van der Waals surface area contributed by atoms with Crippen molar-refractivity contribution in [3.63, 3.8) is 0 Å². The Morgan fingerprint density at radius 1 is 1.00 bits per heavy atom. The molecule has 2 heterocycles. The third kappa shape index (κ3) is 4.71. The molecule has 2 aliphatic rings. The van der Waals surface area contributed by atoms with Gasteiger partial charge in [-0.2, -0.15) is 0 Å². The zero-order valence-electron chi connectivity index (χ0n) is 19.6. The van der Waals surface area contributed by atoms with Crippen molar-refractivity contribution in [3.05, 3.63) is 58.6 Å². The second kappa shape index (κ2) is 9.82. The van der Waals surface area contributed by atoms with Crippen LogP contribution >= 0.6 is 12.6 Å². The summed E-state index contributed by atoms with van der Waals surface area (Å²) in [4.78, 5) is 33.3. The largest absolute Gasteiger partial charge is 0.490 e. The smallest absolute Gasteiger partial charge is 0.265 e. The molecule has 3 aromatic rings. The van der Waals surface area contributed by atoms with Crippen molar-refractivity contribution in [3.8, 4) is 11.4 Å². The van der Waals surface area contributed by atoms with E-state index in [-0.39, 0.29) is 17.6 Å². The lowest BCUT2D eigenvalue weighted by molar-refractivity contribution is -0.138. The van der Waals surface area contributed by atoms with Crippen molar-refractivity contribution in [2.24, 2.45) is 5.92 Å². The molecule has 1 saturated carbocycles. The Bertz CT molecular complexity index is 1240. The van der Waals surface area contributed by atoms with Crippen molar-refractivity contribution in [2.75, 3.05) is 13.1 Å². The van der Waals surface area contributed by atoms with Crippen molar-refractivity contribution in [2.45, 2.75) is 62.9 Å². The number of rotatable bonds is 4. The summed E-state index contributed by atoms with van der Waals surface area (Å²) in [5.74, 6) is 1.98. The van der Waals surface area contributed by atoms with Crippen LogP contribution in [0.4, 0.5) is 0 Å². The molecule has 5 rings (SSSR count). The molecular weight excluding hydrogens is 446 g/mol. The molecule has 1 amide bonds. The second-order valence-electron chi connectivity index (χ2n) is 9.47. The number of fused-ring (bicyclic) bond motifs is 1. The van der Waals surface area contributed by atoms with Gasteiger partial charge in [0.2, 0.25) is 5.91 Å². The number of aryl methyl sites for hydroxylation is 1. The summed E-state index contributed by atoms with van der Waals surface area (Å²) in [6, 6.07) is 13.0. The maximum atomic E-state index is 13.1. The van der Waals surface area contributed by atoms with Crippen LogP contribution in [0.5, 0.6) is 5.75 Å². The number of carbonyl (C=O) groups is 1. The van der Waals surface area contributed by atoms with Crippen LogP contribution in [0.3, 0.4) is 0 Å². The van der Waals surface area contributed by atoms with Gasteiger partial charge in [0.05, 0.1) is 16.6 Å². The van der Waals surface area contributed by atoms with Gasteiger partial charge in [-0.05, 0) is 62.2 Å². The van der Waals surface area contributed by atoms with E-state index in [0.29, 0.717) is 22.6 Å². The number of nitrogens with zero attached hydrogens (tertiary/aromatic N) is 3. The number of thiol groups is 1. The van der Waals surface area contributed by atoms with Gasteiger partial charge < -0.3 is 9.64 Å². The zero-order chi connectivity index (χ0) is 23.7. The molecule has 0 bridgehead atoms. The first kappa shape index (κ1) is 23.0. The molecule has 0 N–H and O–H groups in total. The maximum Gasteiger partial charge on any atom is 0.265 e. The van der Waals surface area contributed by atoms with Gasteiger partial charge in [-0.1, -0.05) is 19.3 Å². The van der Waals surface area contributed by atoms with Gasteiger partial charge in [0.15, 0.2) is 0 Å². The lowest BCUT2D eigenvalue weighted by atomic mass is 9.88. The Morgan fingerprint density at radius 3 is 2.41 bits per heavy atom. The third-order valence-electron chi connectivity index (χ3n) is 7.13. The monoisotopic (exact) mass is 477 g/mol. The van der Waals surface area contributed by atoms with Crippen LogP contribution in [0.25, 0.3) is 16.6 Å². The molecule has 1 aliphatic carbocycles. The van der Waals surface area contributed by atoms with Gasteiger partial charge in [-0.3, -0.25) is 14.2 Å². The molecule has 6 nitrogen and oxygen atoms in total. The molecule has 0 spiro atoms. The first-order valence-electron chi connectivity index (χ1n) is 12.3. The van der Waals surface area contributed by atoms with E-state index >= 15 is 0 Å². The molecule has 0 radical (unpaired) electrons. The molecule has 2 aromatic carbocycles. The van der Waals surface area contributed by atoms with E-state index in [1.807, 2.05) is 48.2 Å². The number of ether oxygens (including phenoxy) is 1. The Hall–Kier alpha value is -2.80. The summed E-state index contributed by atoms with van der Waals surface area (Å²) in [5, 5.41) is 0.549. The van der Waals surface area contributed by atoms with E-state index in [1.54, 1.807) is 10.6 Å². The fourth-order valence-corrected chi connectivity index (χ4v) is 5.46. The third-order valence-corrected chi connectivity index (χ3v) is 7.40. The van der Waals surface area contributed by atoms with Crippen molar-refractivity contribution >= 4 is 29.4 Å². The first-order chi connectivity index (χ1) is 16.5. The summed E-state index contributed by atoms with van der Waals surface area (Å²) in [6.45, 7) is 3.37. The average molecular weight is 478 g/mol. The highest BCUT2D eigenvalue weighted by Gasteiger charge is 2.29. The lowest BCUT2D eigenvalue weighted by Gasteiger charge is -2.35. The second-order valence-corrected chi connectivity index (χ2v) is 9.99. The van der Waals surface area contributed by atoms with Crippen LogP contribution in [-0.4, -0.2) is 39.6 Å². The number of amides is 1. The molecule has 1 saturated heterocycles. The van der Waals surface area contributed by atoms with Gasteiger partial charge in [0, 0.05) is 36.7 Å². The van der Waals surface area contributed by atoms with Crippen LogP contribution in [-0.2, 0) is 4.79 Å². The normalized spacial score (nSPS) is 17.8. The standard InChI is InChI=1S/C27H31N3O3S/c1-18-28-25-12-11-23(34)17-24(25)27(32)30(18)20-7-9-21(10-8-20)33-22-13-15-29(16-14-22)26(31)19-5-3-2-4-6-19/h7-12,17,19,22,34H,2-6,13-16H2,1H3. The van der Waals surface area contributed by atoms with Crippen molar-refractivity contribution < 1.29 is 9.53 Å². The Labute approximate surface area is 205 Å². The predicted molar refractivity (Wildman–Crippen MR) is 136 cm³/mol. The SMILES string of the molecule is Cc1nc2ccc(S)cc2c(=O)n1-c1ccc(OC2CCN(C(=O)C3CCCCC3)CC2)cc1. The summed E-state index contributed by atoms with van der Waals surface area (Å²) < 4.78 is 7.83. The van der Waals surface area contributed by atoms with Gasteiger partial charge in [0.25, 0.3) is 5.56 Å². The Morgan fingerprint density at radius 2 is 1.71 bits per heavy atom. The molecule has 1 aromatic heterocycles. The number of aromatic nitrogens is 2. The van der Waals surface area contributed by atoms with E-state index in [1.165, 1.54) is 19.3 Å². The van der Waals surface area contributed by atoms with Crippen molar-refractivity contribution in [1.29, 1.82) is 0 Å². The van der Waals surface area contributed by atoms with Gasteiger partial charge in [0.1, 0.15) is 17.7 Å². The molecule has 0 atom stereocenters. The van der Waals surface area contributed by atoms with Crippen molar-refractivity contribution in [1.82, 2.24) is 14.5 Å². The Kier molecular flexibility index (Phi) is 6.63. The van der Waals surface area contributed by atoms with E-state index in [4.69, 9.17) is 4.74 Å². The number of benzene rings is 2. The number of likely N-dealkylation sites (tertiary alicyclic amines) is 1. The van der Waals surface area contributed by atoms with Gasteiger partial charge >= 0.3 is 0 Å². The molecular formula is C27H31N3O3S. The van der Waals surface area contributed by atoms with Crippen LogP contribution in [0.2, 0.25) is 0 Å². The highest BCUT2D eigenvalue weighted by molar-refractivity contribution is 7.80. The molecule has 2 fully saturated rings. The summed E-state index contributed by atoms with van der Waals surface area (Å²) in [5.41, 5.74) is 1.31. The molecule has 1 aliphatic heterocycles. The quantitative estimate of drug-likeness (QED) is 0.541. The zero-order valence-corrected chi connectivity index (χ0v) is 20.5. The minimum atomic E-state index is -0.109. The fraction of sp³-hybridized carbons (Fsp3) is 0.444. The Balaban J connectivity index is 1.24. The topological polar surface area (TPSA) is 64.4 Å². The lowest BCUT2D eigenvalue weighted by Crippen LogP contribution is -2.44. The van der Waals surface area contributed by atoms with Crippen LogP contribution in [0, 0.1) is 12.8 Å². The van der Waals surface area contributed by atoms with Crippen LogP contribution in [0.15, 0.2) is 52.2 Å². The number of hydrogen-bond acceptors (Lipinski definition) is 5. The van der Waals surface area contributed by atoms with E-state index in [2.05, 4.69) is 17.6 Å².